The van der Waals surface area contributed by atoms with Gasteiger partial charge in [0.25, 0.3) is 10.0 Å². The number of hydrogen-bond donors (Lipinski definition) is 1. The lowest BCUT2D eigenvalue weighted by Gasteiger charge is -2.44. The lowest BCUT2D eigenvalue weighted by Crippen LogP contribution is -2.59. The highest BCUT2D eigenvalue weighted by atomic mass is 32.2. The number of benzene rings is 2. The van der Waals surface area contributed by atoms with E-state index in [4.69, 9.17) is 0 Å². The molecule has 0 unspecified atom stereocenters. The predicted octanol–water partition coefficient (Wildman–Crippen LogP) is 4.89. The largest absolute Gasteiger partial charge is 0.421 e. The number of rotatable bonds is 10. The van der Waals surface area contributed by atoms with E-state index >= 15 is 0 Å². The molecule has 1 aliphatic heterocycles. The van der Waals surface area contributed by atoms with Gasteiger partial charge in [0.05, 0.1) is 24.0 Å². The molecule has 230 valence electrons. The summed E-state index contributed by atoms with van der Waals surface area (Å²) in [7, 11) is -7.69. The predicted molar refractivity (Wildman–Crippen MR) is 159 cm³/mol. The van der Waals surface area contributed by atoms with Gasteiger partial charge < -0.3 is 10.0 Å². The van der Waals surface area contributed by atoms with Crippen LogP contribution >= 0.6 is 11.3 Å². The van der Waals surface area contributed by atoms with Gasteiger partial charge in [-0.2, -0.15) is 17.5 Å². The molecule has 1 saturated heterocycles. The van der Waals surface area contributed by atoms with Crippen LogP contribution in [0.3, 0.4) is 0 Å². The average Bonchev–Trinajstić information content (AvgIpc) is 3.47. The van der Waals surface area contributed by atoms with Crippen molar-refractivity contribution in [1.29, 1.82) is 0 Å². The highest BCUT2D eigenvalue weighted by Gasteiger charge is 2.51. The highest BCUT2D eigenvalue weighted by molar-refractivity contribution is 7.92. The fraction of sp³-hybridized carbons (Fsp3) is 0.429. The van der Waals surface area contributed by atoms with Gasteiger partial charge in [-0.25, -0.2) is 16.8 Å². The fourth-order valence-corrected chi connectivity index (χ4v) is 9.37. The van der Waals surface area contributed by atoms with Crippen molar-refractivity contribution in [3.63, 3.8) is 0 Å². The van der Waals surface area contributed by atoms with Gasteiger partial charge in [-0.15, -0.1) is 11.3 Å². The molecule has 2 heterocycles. The monoisotopic (exact) mass is 645 g/mol. The standard InChI is InChI=1S/C28H34F3N3O5S3/c1-21(2)20-41(36,37)34(24-8-5-4-6-9-24)19-25-18-32(42(38,39)26-10-7-17-40-26)15-16-33(25)23-13-11-22(12-14-23)27(3,35)28(29,30)31/h4-14,17,21,25,35H,15-16,18-20H2,1-3H3/t25-,27+/m1/s1. The molecular formula is C28H34F3N3O5S3. The summed E-state index contributed by atoms with van der Waals surface area (Å²) < 4.78 is 97.2. The highest BCUT2D eigenvalue weighted by Crippen LogP contribution is 2.39. The van der Waals surface area contributed by atoms with Crippen molar-refractivity contribution in [2.45, 2.75) is 42.8 Å². The Morgan fingerprint density at radius 1 is 0.976 bits per heavy atom. The van der Waals surface area contributed by atoms with Crippen molar-refractivity contribution in [3.05, 3.63) is 77.7 Å². The molecule has 0 aliphatic carbocycles. The molecule has 1 fully saturated rings. The van der Waals surface area contributed by atoms with Crippen molar-refractivity contribution in [3.8, 4) is 0 Å². The van der Waals surface area contributed by atoms with Gasteiger partial charge in [0.2, 0.25) is 10.0 Å². The number of alkyl halides is 3. The van der Waals surface area contributed by atoms with Crippen LogP contribution in [-0.4, -0.2) is 70.4 Å². The zero-order valence-electron chi connectivity index (χ0n) is 23.4. The zero-order valence-corrected chi connectivity index (χ0v) is 25.8. The van der Waals surface area contributed by atoms with E-state index < -0.39 is 37.9 Å². The summed E-state index contributed by atoms with van der Waals surface area (Å²) >= 11 is 1.08. The van der Waals surface area contributed by atoms with Crippen molar-refractivity contribution < 1.29 is 35.1 Å². The van der Waals surface area contributed by atoms with Crippen LogP contribution < -0.4 is 9.21 Å². The van der Waals surface area contributed by atoms with Crippen LogP contribution in [0.25, 0.3) is 0 Å². The number of thiophene rings is 1. The van der Waals surface area contributed by atoms with Gasteiger partial charge in [-0.05, 0) is 54.1 Å². The first-order chi connectivity index (χ1) is 19.5. The molecule has 2 aromatic carbocycles. The lowest BCUT2D eigenvalue weighted by molar-refractivity contribution is -0.258. The summed E-state index contributed by atoms with van der Waals surface area (Å²) in [4.78, 5) is 1.81. The second kappa shape index (κ2) is 12.2. The summed E-state index contributed by atoms with van der Waals surface area (Å²) in [5.74, 6) is -0.305. The van der Waals surface area contributed by atoms with E-state index in [0.717, 1.165) is 11.3 Å². The number of aliphatic hydroxyl groups is 1. The third kappa shape index (κ3) is 6.77. The summed E-state index contributed by atoms with van der Waals surface area (Å²) in [6.45, 7) is 4.36. The topological polar surface area (TPSA) is 98.2 Å². The fourth-order valence-electron chi connectivity index (χ4n) is 4.90. The van der Waals surface area contributed by atoms with E-state index in [0.29, 0.717) is 18.3 Å². The smallest absolute Gasteiger partial charge is 0.376 e. The number of para-hydroxylation sites is 1. The molecule has 0 radical (unpaired) electrons. The number of piperazine rings is 1. The molecule has 1 aliphatic rings. The maximum atomic E-state index is 13.6. The van der Waals surface area contributed by atoms with Gasteiger partial charge in [-0.3, -0.25) is 4.31 Å². The maximum absolute atomic E-state index is 13.6. The lowest BCUT2D eigenvalue weighted by atomic mass is 9.95. The Kier molecular flexibility index (Phi) is 9.34. The van der Waals surface area contributed by atoms with Crippen molar-refractivity contribution in [1.82, 2.24) is 4.31 Å². The SMILES string of the molecule is CC(C)CS(=O)(=O)N(C[C@H]1CN(S(=O)(=O)c2cccs2)CCN1c1ccc([C@](C)(O)C(F)(F)F)cc1)c1ccccc1. The van der Waals surface area contributed by atoms with E-state index in [1.165, 1.54) is 38.9 Å². The Hall–Kier alpha value is -2.65. The molecule has 4 rings (SSSR count). The van der Waals surface area contributed by atoms with E-state index in [1.54, 1.807) is 55.6 Å². The molecule has 0 saturated carbocycles. The molecule has 8 nitrogen and oxygen atoms in total. The quantitative estimate of drug-likeness (QED) is 0.337. The number of anilines is 2. The number of sulfonamides is 2. The normalized spacial score (nSPS) is 18.7. The molecule has 1 aromatic heterocycles. The average molecular weight is 646 g/mol. The number of nitrogens with zero attached hydrogens (tertiary/aromatic N) is 3. The first kappa shape index (κ1) is 32.3. The summed E-state index contributed by atoms with van der Waals surface area (Å²) in [5.41, 5.74) is -2.51. The maximum Gasteiger partial charge on any atom is 0.421 e. The van der Waals surface area contributed by atoms with Crippen LogP contribution in [0.5, 0.6) is 0 Å². The van der Waals surface area contributed by atoms with E-state index in [9.17, 15) is 35.1 Å². The van der Waals surface area contributed by atoms with Crippen LogP contribution in [-0.2, 0) is 25.6 Å². The molecule has 3 aromatic rings. The first-order valence-corrected chi connectivity index (χ1v) is 17.2. The molecule has 0 bridgehead atoms. The molecule has 42 heavy (non-hydrogen) atoms. The van der Waals surface area contributed by atoms with E-state index in [2.05, 4.69) is 0 Å². The molecule has 14 heteroatoms. The summed E-state index contributed by atoms with van der Waals surface area (Å²) in [6, 6.07) is 16.2. The molecule has 0 spiro atoms. The van der Waals surface area contributed by atoms with Gasteiger partial charge >= 0.3 is 6.18 Å². The van der Waals surface area contributed by atoms with Crippen LogP contribution in [0.15, 0.2) is 76.3 Å². The van der Waals surface area contributed by atoms with Crippen LogP contribution in [0.4, 0.5) is 24.5 Å². The molecule has 1 N–H and O–H groups in total. The van der Waals surface area contributed by atoms with Crippen LogP contribution in [0.2, 0.25) is 0 Å². The van der Waals surface area contributed by atoms with E-state index in [-0.39, 0.29) is 47.6 Å². The van der Waals surface area contributed by atoms with Crippen molar-refractivity contribution in [2.75, 3.05) is 41.1 Å². The number of halogens is 3. The first-order valence-electron chi connectivity index (χ1n) is 13.3. The molecule has 2 atom stereocenters. The van der Waals surface area contributed by atoms with Gasteiger partial charge in [-0.1, -0.05) is 50.2 Å². The Balaban J connectivity index is 1.74. The molecule has 0 amide bonds. The molecular weight excluding hydrogens is 612 g/mol. The number of hydrogen-bond acceptors (Lipinski definition) is 7. The van der Waals surface area contributed by atoms with Crippen LogP contribution in [0, 0.1) is 5.92 Å². The van der Waals surface area contributed by atoms with E-state index in [1.807, 2.05) is 4.90 Å². The Bertz CT molecular complexity index is 1550. The third-order valence-electron chi connectivity index (χ3n) is 7.15. The van der Waals surface area contributed by atoms with Gasteiger partial charge in [0.1, 0.15) is 4.21 Å². The second-order valence-corrected chi connectivity index (χ2v) is 15.8. The van der Waals surface area contributed by atoms with Crippen molar-refractivity contribution >= 4 is 42.8 Å². The minimum Gasteiger partial charge on any atom is -0.376 e. The Morgan fingerprint density at radius 3 is 2.17 bits per heavy atom. The minimum atomic E-state index is -4.89. The summed E-state index contributed by atoms with van der Waals surface area (Å²) in [6.07, 6.45) is -4.89. The Labute approximate surface area is 249 Å². The van der Waals surface area contributed by atoms with Crippen LogP contribution in [0.1, 0.15) is 26.3 Å². The minimum absolute atomic E-state index is 0.0528. The summed E-state index contributed by atoms with van der Waals surface area (Å²) in [5, 5.41) is 11.8. The van der Waals surface area contributed by atoms with Gasteiger partial charge in [0, 0.05) is 25.3 Å². The van der Waals surface area contributed by atoms with Gasteiger partial charge in [0.15, 0.2) is 5.60 Å². The second-order valence-electron chi connectivity index (χ2n) is 10.8. The van der Waals surface area contributed by atoms with Crippen molar-refractivity contribution in [2.24, 2.45) is 5.92 Å². The Morgan fingerprint density at radius 2 is 1.62 bits per heavy atom. The zero-order chi connectivity index (χ0) is 30.9. The third-order valence-corrected chi connectivity index (χ3v) is 12.5.